The fourth-order valence-electron chi connectivity index (χ4n) is 2.79. The Bertz CT molecular complexity index is 873. The third-order valence-corrected chi connectivity index (χ3v) is 5.01. The molecule has 1 aliphatic rings. The van der Waals surface area contributed by atoms with E-state index in [1.807, 2.05) is 30.3 Å². The predicted octanol–water partition coefficient (Wildman–Crippen LogP) is 2.39. The number of halogens is 2. The van der Waals surface area contributed by atoms with Crippen LogP contribution in [0.25, 0.3) is 10.6 Å². The fraction of sp³-hybridized carbons (Fsp3) is 0.353. The Morgan fingerprint density at radius 1 is 1.33 bits per heavy atom. The summed E-state index contributed by atoms with van der Waals surface area (Å²) in [5.74, 6) is 1.96. The number of hydrazone groups is 1. The summed E-state index contributed by atoms with van der Waals surface area (Å²) in [6, 6.07) is 9.55. The number of carbonyl (C=O) groups excluding carboxylic acids is 1. The average Bonchev–Trinajstić information content (AvgIpc) is 3.08. The van der Waals surface area contributed by atoms with Crippen LogP contribution in [0.15, 0.2) is 40.4 Å². The van der Waals surface area contributed by atoms with E-state index in [-0.39, 0.29) is 25.1 Å². The first-order valence-electron chi connectivity index (χ1n) is 8.17. The van der Waals surface area contributed by atoms with E-state index >= 15 is 0 Å². The van der Waals surface area contributed by atoms with Gasteiger partial charge in [0, 0.05) is 18.4 Å². The molecule has 27 heavy (non-hydrogen) atoms. The molecule has 0 aliphatic heterocycles. The van der Waals surface area contributed by atoms with Gasteiger partial charge in [0.1, 0.15) is 10.0 Å². The van der Waals surface area contributed by atoms with E-state index in [1.165, 1.54) is 11.3 Å². The summed E-state index contributed by atoms with van der Waals surface area (Å²) in [6.07, 6.45) is 0.423. The molecule has 1 heterocycles. The van der Waals surface area contributed by atoms with Crippen molar-refractivity contribution in [2.24, 2.45) is 15.9 Å². The molecule has 0 spiro atoms. The molecule has 0 saturated heterocycles. The van der Waals surface area contributed by atoms with Gasteiger partial charge in [0.15, 0.2) is 5.71 Å². The van der Waals surface area contributed by atoms with Gasteiger partial charge in [-0.3, -0.25) is 9.79 Å². The van der Waals surface area contributed by atoms with Crippen LogP contribution in [0.3, 0.4) is 0 Å². The van der Waals surface area contributed by atoms with Gasteiger partial charge in [-0.25, -0.2) is 8.78 Å². The Morgan fingerprint density at radius 3 is 2.67 bits per heavy atom. The molecule has 1 fully saturated rings. The standard InChI is InChI=1S/C17H18F2N6OS/c1-16(9-17(18,19)10-16)22-7-12(23-20)14(26)21-8-13-24-25-15(27-13)11-5-3-2-4-6-11/h2-7H,8-10,20H2,1H3,(H,21,26)/b22-7?,23-12+. The monoisotopic (exact) mass is 392 g/mol. The summed E-state index contributed by atoms with van der Waals surface area (Å²) in [7, 11) is 0. The largest absolute Gasteiger partial charge is 0.344 e. The van der Waals surface area contributed by atoms with Gasteiger partial charge < -0.3 is 11.2 Å². The topological polar surface area (TPSA) is 106 Å². The minimum absolute atomic E-state index is 0.140. The van der Waals surface area contributed by atoms with Crippen LogP contribution >= 0.6 is 11.3 Å². The van der Waals surface area contributed by atoms with Crippen LogP contribution in [0.1, 0.15) is 24.8 Å². The van der Waals surface area contributed by atoms with Crippen molar-refractivity contribution in [2.45, 2.75) is 37.8 Å². The molecular weight excluding hydrogens is 374 g/mol. The Hall–Kier alpha value is -2.75. The lowest BCUT2D eigenvalue weighted by atomic mass is 9.75. The Morgan fingerprint density at radius 2 is 2.04 bits per heavy atom. The highest BCUT2D eigenvalue weighted by atomic mass is 32.1. The van der Waals surface area contributed by atoms with Crippen LogP contribution in [-0.4, -0.2) is 39.5 Å². The van der Waals surface area contributed by atoms with Gasteiger partial charge in [0.05, 0.1) is 18.3 Å². The van der Waals surface area contributed by atoms with Crippen molar-refractivity contribution in [3.05, 3.63) is 35.3 Å². The van der Waals surface area contributed by atoms with Gasteiger partial charge in [0.2, 0.25) is 0 Å². The van der Waals surface area contributed by atoms with Crippen molar-refractivity contribution < 1.29 is 13.6 Å². The number of benzene rings is 1. The number of aromatic nitrogens is 2. The van der Waals surface area contributed by atoms with Gasteiger partial charge >= 0.3 is 0 Å². The average molecular weight is 392 g/mol. The molecule has 0 bridgehead atoms. The van der Waals surface area contributed by atoms with Crippen molar-refractivity contribution in [2.75, 3.05) is 0 Å². The summed E-state index contributed by atoms with van der Waals surface area (Å²) in [5.41, 5.74) is -0.0995. The second-order valence-corrected chi connectivity index (χ2v) is 7.59. The Labute approximate surface area is 158 Å². The molecule has 3 N–H and O–H groups in total. The maximum Gasteiger partial charge on any atom is 0.273 e. The molecular formula is C17H18F2N6OS. The second-order valence-electron chi connectivity index (χ2n) is 6.53. The third kappa shape index (κ3) is 4.70. The van der Waals surface area contributed by atoms with Crippen LogP contribution in [0.4, 0.5) is 8.78 Å². The molecule has 0 atom stereocenters. The normalized spacial score (nSPS) is 18.3. The number of aliphatic imine (C=N–C) groups is 1. The molecule has 2 aromatic rings. The van der Waals surface area contributed by atoms with E-state index in [4.69, 9.17) is 5.84 Å². The number of nitrogens with zero attached hydrogens (tertiary/aromatic N) is 4. The van der Waals surface area contributed by atoms with Crippen LogP contribution in [0.2, 0.25) is 0 Å². The predicted molar refractivity (Wildman–Crippen MR) is 99.9 cm³/mol. The molecule has 10 heteroatoms. The quantitative estimate of drug-likeness (QED) is 0.447. The van der Waals surface area contributed by atoms with Gasteiger partial charge in [-0.1, -0.05) is 41.7 Å². The van der Waals surface area contributed by atoms with E-state index in [1.54, 1.807) is 6.92 Å². The Kier molecular flexibility index (Phi) is 5.26. The zero-order valence-electron chi connectivity index (χ0n) is 14.5. The SMILES string of the molecule is CC1(N=C/C(=N\N)C(=O)NCc2nnc(-c3ccccc3)s2)CC(F)(F)C1. The molecule has 1 aromatic carbocycles. The van der Waals surface area contributed by atoms with Crippen molar-refractivity contribution >= 4 is 29.2 Å². The van der Waals surface area contributed by atoms with Crippen molar-refractivity contribution in [1.82, 2.24) is 15.5 Å². The minimum atomic E-state index is -2.71. The summed E-state index contributed by atoms with van der Waals surface area (Å²) >= 11 is 1.35. The highest BCUT2D eigenvalue weighted by molar-refractivity contribution is 7.14. The van der Waals surface area contributed by atoms with Crippen molar-refractivity contribution in [1.29, 1.82) is 0 Å². The van der Waals surface area contributed by atoms with E-state index in [0.717, 1.165) is 16.8 Å². The van der Waals surface area contributed by atoms with E-state index in [2.05, 4.69) is 25.6 Å². The van der Waals surface area contributed by atoms with E-state index in [0.29, 0.717) is 5.01 Å². The fourth-order valence-corrected chi connectivity index (χ4v) is 3.58. The highest BCUT2D eigenvalue weighted by Crippen LogP contribution is 2.47. The smallest absolute Gasteiger partial charge is 0.273 e. The first kappa shape index (κ1) is 19.0. The first-order valence-corrected chi connectivity index (χ1v) is 8.99. The van der Waals surface area contributed by atoms with Crippen LogP contribution < -0.4 is 11.2 Å². The number of carbonyl (C=O) groups is 1. The van der Waals surface area contributed by atoms with Crippen LogP contribution in [0, 0.1) is 0 Å². The summed E-state index contributed by atoms with van der Waals surface area (Å²) in [5, 5.41) is 15.5. The number of nitrogens with two attached hydrogens (primary N) is 1. The number of rotatable bonds is 6. The molecule has 3 rings (SSSR count). The van der Waals surface area contributed by atoms with Crippen LogP contribution in [0.5, 0.6) is 0 Å². The number of alkyl halides is 2. The van der Waals surface area contributed by atoms with Crippen molar-refractivity contribution in [3.63, 3.8) is 0 Å². The number of hydrogen-bond acceptors (Lipinski definition) is 7. The van der Waals surface area contributed by atoms with E-state index in [9.17, 15) is 13.6 Å². The zero-order chi connectivity index (χ0) is 19.5. The summed E-state index contributed by atoms with van der Waals surface area (Å²) in [6.45, 7) is 1.74. The van der Waals surface area contributed by atoms with Crippen LogP contribution in [-0.2, 0) is 11.3 Å². The van der Waals surface area contributed by atoms with E-state index < -0.39 is 17.4 Å². The summed E-state index contributed by atoms with van der Waals surface area (Å²) in [4.78, 5) is 16.2. The second kappa shape index (κ2) is 7.47. The molecule has 0 unspecified atom stereocenters. The lowest BCUT2D eigenvalue weighted by molar-refractivity contribution is -0.115. The van der Waals surface area contributed by atoms with Crippen molar-refractivity contribution in [3.8, 4) is 10.6 Å². The number of hydrogen-bond donors (Lipinski definition) is 2. The lowest BCUT2D eigenvalue weighted by Gasteiger charge is -2.41. The molecule has 1 aromatic heterocycles. The zero-order valence-corrected chi connectivity index (χ0v) is 15.3. The number of nitrogens with one attached hydrogen (secondary N) is 1. The molecule has 0 radical (unpaired) electrons. The maximum atomic E-state index is 13.0. The highest BCUT2D eigenvalue weighted by Gasteiger charge is 2.53. The third-order valence-electron chi connectivity index (χ3n) is 4.04. The first-order chi connectivity index (χ1) is 12.8. The minimum Gasteiger partial charge on any atom is -0.344 e. The van der Waals surface area contributed by atoms with Gasteiger partial charge in [0.25, 0.3) is 11.8 Å². The maximum absolute atomic E-state index is 13.0. The molecule has 1 amide bonds. The summed E-state index contributed by atoms with van der Waals surface area (Å²) < 4.78 is 26.0. The molecule has 142 valence electrons. The lowest BCUT2D eigenvalue weighted by Crippen LogP contribution is -2.48. The van der Waals surface area contributed by atoms with Gasteiger partial charge in [-0.15, -0.1) is 10.2 Å². The molecule has 7 nitrogen and oxygen atoms in total. The molecule has 1 aliphatic carbocycles. The van der Waals surface area contributed by atoms with Gasteiger partial charge in [-0.2, -0.15) is 5.10 Å². The molecule has 1 saturated carbocycles. The Balaban J connectivity index is 1.56. The van der Waals surface area contributed by atoms with Gasteiger partial charge in [-0.05, 0) is 6.92 Å². The number of amides is 1.